The molecule has 0 amide bonds. The van der Waals surface area contributed by atoms with Crippen LogP contribution in [0.5, 0.6) is 0 Å². The Morgan fingerprint density at radius 3 is 2.79 bits per heavy atom. The van der Waals surface area contributed by atoms with Gasteiger partial charge in [-0.25, -0.2) is 0 Å². The average molecular weight is 257 g/mol. The van der Waals surface area contributed by atoms with Crippen molar-refractivity contribution in [3.05, 3.63) is 36.2 Å². The van der Waals surface area contributed by atoms with Crippen LogP contribution in [0.4, 0.5) is 0 Å². The molecule has 1 fully saturated rings. The van der Waals surface area contributed by atoms with Crippen molar-refractivity contribution >= 4 is 0 Å². The molecule has 2 aromatic rings. The fourth-order valence-electron chi connectivity index (χ4n) is 2.47. The molecule has 3 rings (SSSR count). The first-order chi connectivity index (χ1) is 9.38. The molecule has 0 bridgehead atoms. The highest BCUT2D eigenvalue weighted by atomic mass is 15.5. The van der Waals surface area contributed by atoms with Crippen molar-refractivity contribution in [3.63, 3.8) is 0 Å². The number of likely N-dealkylation sites (N-methyl/N-ethyl adjacent to an activating group) is 1. The summed E-state index contributed by atoms with van der Waals surface area (Å²) in [6, 6.07) is 10.6. The number of benzene rings is 1. The lowest BCUT2D eigenvalue weighted by Crippen LogP contribution is -2.33. The Kier molecular flexibility index (Phi) is 3.55. The molecule has 1 heterocycles. The zero-order valence-electron chi connectivity index (χ0n) is 11.2. The number of nitrogens with zero attached hydrogens (tertiary/aromatic N) is 4. The lowest BCUT2D eigenvalue weighted by Gasteiger charge is -2.16. The highest BCUT2D eigenvalue weighted by Crippen LogP contribution is 2.33. The molecule has 1 N–H and O–H groups in total. The molecule has 0 spiro atoms. The molecular formula is C14H19N5. The van der Waals surface area contributed by atoms with E-state index in [2.05, 4.69) is 27.8 Å². The maximum absolute atomic E-state index is 4.19. The fraction of sp³-hybridized carbons (Fsp3) is 0.500. The van der Waals surface area contributed by atoms with Crippen molar-refractivity contribution in [1.29, 1.82) is 0 Å². The SMILES string of the molecule is CCNC(Cc1nnnn1-c1ccccc1)C1CC1. The van der Waals surface area contributed by atoms with E-state index in [-0.39, 0.29) is 0 Å². The quantitative estimate of drug-likeness (QED) is 0.854. The average Bonchev–Trinajstić information content (AvgIpc) is 3.19. The van der Waals surface area contributed by atoms with Crippen molar-refractivity contribution in [2.45, 2.75) is 32.2 Å². The lowest BCUT2D eigenvalue weighted by atomic mass is 10.1. The van der Waals surface area contributed by atoms with E-state index in [4.69, 9.17) is 0 Å². The van der Waals surface area contributed by atoms with Gasteiger partial charge in [0.05, 0.1) is 5.69 Å². The lowest BCUT2D eigenvalue weighted by molar-refractivity contribution is 0.459. The Balaban J connectivity index is 1.80. The number of tetrazole rings is 1. The molecular weight excluding hydrogens is 238 g/mol. The van der Waals surface area contributed by atoms with Gasteiger partial charge in [-0.15, -0.1) is 5.10 Å². The number of para-hydroxylation sites is 1. The topological polar surface area (TPSA) is 55.6 Å². The Morgan fingerprint density at radius 1 is 1.32 bits per heavy atom. The highest BCUT2D eigenvalue weighted by Gasteiger charge is 2.31. The summed E-state index contributed by atoms with van der Waals surface area (Å²) in [4.78, 5) is 0. The van der Waals surface area contributed by atoms with Crippen LogP contribution in [0, 0.1) is 5.92 Å². The second-order valence-electron chi connectivity index (χ2n) is 5.05. The van der Waals surface area contributed by atoms with Gasteiger partial charge in [-0.1, -0.05) is 25.1 Å². The van der Waals surface area contributed by atoms with Crippen molar-refractivity contribution < 1.29 is 0 Å². The molecule has 1 aromatic carbocycles. The van der Waals surface area contributed by atoms with E-state index in [0.717, 1.165) is 30.4 Å². The second kappa shape index (κ2) is 5.48. The zero-order valence-corrected chi connectivity index (χ0v) is 11.2. The normalized spacial score (nSPS) is 16.5. The summed E-state index contributed by atoms with van der Waals surface area (Å²) in [5.41, 5.74) is 1.02. The van der Waals surface area contributed by atoms with E-state index in [1.807, 2.05) is 35.0 Å². The Morgan fingerprint density at radius 2 is 2.11 bits per heavy atom. The second-order valence-corrected chi connectivity index (χ2v) is 5.05. The van der Waals surface area contributed by atoms with Gasteiger partial charge in [0.1, 0.15) is 0 Å². The molecule has 1 saturated carbocycles. The molecule has 5 nitrogen and oxygen atoms in total. The van der Waals surface area contributed by atoms with Crippen LogP contribution in [0.3, 0.4) is 0 Å². The number of nitrogens with one attached hydrogen (secondary N) is 1. The summed E-state index contributed by atoms with van der Waals surface area (Å²) in [7, 11) is 0. The van der Waals surface area contributed by atoms with E-state index in [1.165, 1.54) is 12.8 Å². The standard InChI is InChI=1S/C14H19N5/c1-2-15-13(11-8-9-11)10-14-16-17-18-19(14)12-6-4-3-5-7-12/h3-7,11,13,15H,2,8-10H2,1H3. The summed E-state index contributed by atoms with van der Waals surface area (Å²) >= 11 is 0. The van der Waals surface area contributed by atoms with Gasteiger partial charge in [-0.05, 0) is 47.9 Å². The molecule has 5 heteroatoms. The predicted molar refractivity (Wildman–Crippen MR) is 73.0 cm³/mol. The third-order valence-corrected chi connectivity index (χ3v) is 3.59. The van der Waals surface area contributed by atoms with Crippen molar-refractivity contribution in [2.24, 2.45) is 5.92 Å². The van der Waals surface area contributed by atoms with Gasteiger partial charge in [0.2, 0.25) is 0 Å². The molecule has 1 atom stereocenters. The predicted octanol–water partition coefficient (Wildman–Crippen LogP) is 1.59. The Hall–Kier alpha value is -1.75. The van der Waals surface area contributed by atoms with Gasteiger partial charge < -0.3 is 5.32 Å². The molecule has 1 aromatic heterocycles. The van der Waals surface area contributed by atoms with Crippen LogP contribution in [-0.4, -0.2) is 32.8 Å². The van der Waals surface area contributed by atoms with E-state index >= 15 is 0 Å². The van der Waals surface area contributed by atoms with E-state index in [0.29, 0.717) is 6.04 Å². The first kappa shape index (κ1) is 12.3. The molecule has 19 heavy (non-hydrogen) atoms. The van der Waals surface area contributed by atoms with Crippen LogP contribution < -0.4 is 5.32 Å². The number of rotatable bonds is 6. The van der Waals surface area contributed by atoms with Crippen molar-refractivity contribution in [1.82, 2.24) is 25.5 Å². The van der Waals surface area contributed by atoms with Crippen LogP contribution >= 0.6 is 0 Å². The number of hydrogen-bond acceptors (Lipinski definition) is 4. The minimum Gasteiger partial charge on any atom is -0.314 e. The van der Waals surface area contributed by atoms with E-state index in [9.17, 15) is 0 Å². The molecule has 1 aliphatic rings. The van der Waals surface area contributed by atoms with Crippen LogP contribution in [0.15, 0.2) is 30.3 Å². The Labute approximate surface area is 113 Å². The highest BCUT2D eigenvalue weighted by molar-refractivity contribution is 5.30. The van der Waals surface area contributed by atoms with Crippen LogP contribution in [0.25, 0.3) is 5.69 Å². The number of hydrogen-bond donors (Lipinski definition) is 1. The molecule has 100 valence electrons. The molecule has 0 radical (unpaired) electrons. The van der Waals surface area contributed by atoms with Crippen LogP contribution in [-0.2, 0) is 6.42 Å². The summed E-state index contributed by atoms with van der Waals surface area (Å²) in [5, 5.41) is 15.7. The van der Waals surface area contributed by atoms with Crippen molar-refractivity contribution in [2.75, 3.05) is 6.54 Å². The third kappa shape index (κ3) is 2.81. The Bertz CT molecular complexity index is 518. The number of aromatic nitrogens is 4. The molecule has 1 unspecified atom stereocenters. The fourth-order valence-corrected chi connectivity index (χ4v) is 2.47. The van der Waals surface area contributed by atoms with Crippen LogP contribution in [0.2, 0.25) is 0 Å². The third-order valence-electron chi connectivity index (χ3n) is 3.59. The van der Waals surface area contributed by atoms with Gasteiger partial charge >= 0.3 is 0 Å². The van der Waals surface area contributed by atoms with E-state index < -0.39 is 0 Å². The van der Waals surface area contributed by atoms with Crippen LogP contribution in [0.1, 0.15) is 25.6 Å². The molecule has 0 aliphatic heterocycles. The van der Waals surface area contributed by atoms with E-state index in [1.54, 1.807) is 0 Å². The summed E-state index contributed by atoms with van der Waals surface area (Å²) in [6.45, 7) is 3.14. The van der Waals surface area contributed by atoms with Gasteiger partial charge in [0.25, 0.3) is 0 Å². The van der Waals surface area contributed by atoms with Crippen molar-refractivity contribution in [3.8, 4) is 5.69 Å². The molecule has 1 aliphatic carbocycles. The van der Waals surface area contributed by atoms with Gasteiger partial charge in [-0.2, -0.15) is 4.68 Å². The minimum absolute atomic E-state index is 0.499. The van der Waals surface area contributed by atoms with Gasteiger partial charge in [0.15, 0.2) is 5.82 Å². The largest absolute Gasteiger partial charge is 0.314 e. The van der Waals surface area contributed by atoms with Gasteiger partial charge in [0, 0.05) is 12.5 Å². The minimum atomic E-state index is 0.499. The first-order valence-electron chi connectivity index (χ1n) is 6.94. The maximum Gasteiger partial charge on any atom is 0.158 e. The maximum atomic E-state index is 4.19. The molecule has 0 saturated heterocycles. The summed E-state index contributed by atoms with van der Waals surface area (Å²) < 4.78 is 1.84. The smallest absolute Gasteiger partial charge is 0.158 e. The summed E-state index contributed by atoms with van der Waals surface area (Å²) in [6.07, 6.45) is 3.54. The first-order valence-corrected chi connectivity index (χ1v) is 6.94. The monoisotopic (exact) mass is 257 g/mol. The van der Waals surface area contributed by atoms with Gasteiger partial charge in [-0.3, -0.25) is 0 Å². The summed E-state index contributed by atoms with van der Waals surface area (Å²) in [5.74, 6) is 1.73. The zero-order chi connectivity index (χ0) is 13.1.